The van der Waals surface area contributed by atoms with E-state index in [-0.39, 0.29) is 0 Å². The fourth-order valence-corrected chi connectivity index (χ4v) is 2.27. The molecule has 3 rings (SSSR count). The fraction of sp³-hybridized carbons (Fsp3) is 0.333. The van der Waals surface area contributed by atoms with Crippen LogP contribution in [0.3, 0.4) is 0 Å². The highest BCUT2D eigenvalue weighted by Gasteiger charge is 2.27. The smallest absolute Gasteiger partial charge is 0.219 e. The molecule has 1 aliphatic carbocycles. The fourth-order valence-electron chi connectivity index (χ4n) is 1.65. The predicted molar refractivity (Wildman–Crippen MR) is 70.5 cm³/mol. The number of hydrogen-bond acceptors (Lipinski definition) is 6. The van der Waals surface area contributed by atoms with Crippen molar-refractivity contribution in [2.75, 3.05) is 5.43 Å². The van der Waals surface area contributed by atoms with Crippen LogP contribution in [0, 0.1) is 0 Å². The van der Waals surface area contributed by atoms with Gasteiger partial charge in [-0.3, -0.25) is 0 Å². The minimum atomic E-state index is 0.474. The van der Waals surface area contributed by atoms with Crippen LogP contribution in [0.25, 0.3) is 0 Å². The molecular weight excluding hydrogens is 248 g/mol. The van der Waals surface area contributed by atoms with Gasteiger partial charge in [-0.25, -0.2) is 10.8 Å². The van der Waals surface area contributed by atoms with Crippen LogP contribution in [0.15, 0.2) is 23.6 Å². The number of thiophene rings is 1. The maximum atomic E-state index is 5.68. The zero-order chi connectivity index (χ0) is 12.4. The summed E-state index contributed by atoms with van der Waals surface area (Å²) in [6.07, 6.45) is 2.30. The molecule has 0 aliphatic heterocycles. The number of rotatable bonds is 5. The summed E-state index contributed by atoms with van der Waals surface area (Å²) in [6.45, 7) is 0.531. The number of nitrogen functional groups attached to an aromatic ring is 1. The standard InChI is InChI=1S/C12H14N4OS/c13-16-10-6-11(15-12(14-10)8-3-4-8)17-7-9-2-1-5-18-9/h1-2,5-6,8H,3-4,7,13H2,(H,14,15,16). The number of nitrogens with zero attached hydrogens (tertiary/aromatic N) is 2. The van der Waals surface area contributed by atoms with Crippen LogP contribution in [0.4, 0.5) is 5.82 Å². The summed E-state index contributed by atoms with van der Waals surface area (Å²) in [4.78, 5) is 9.92. The lowest BCUT2D eigenvalue weighted by Crippen LogP contribution is -2.11. The predicted octanol–water partition coefficient (Wildman–Crippen LogP) is 2.28. The molecule has 2 heterocycles. The highest BCUT2D eigenvalue weighted by atomic mass is 32.1. The molecule has 18 heavy (non-hydrogen) atoms. The van der Waals surface area contributed by atoms with Crippen LogP contribution < -0.4 is 16.0 Å². The number of anilines is 1. The van der Waals surface area contributed by atoms with Crippen molar-refractivity contribution in [1.29, 1.82) is 0 Å². The van der Waals surface area contributed by atoms with E-state index < -0.39 is 0 Å². The molecule has 94 valence electrons. The van der Waals surface area contributed by atoms with E-state index in [2.05, 4.69) is 15.4 Å². The van der Waals surface area contributed by atoms with Gasteiger partial charge in [0.15, 0.2) is 0 Å². The largest absolute Gasteiger partial charge is 0.472 e. The van der Waals surface area contributed by atoms with Gasteiger partial charge in [0.25, 0.3) is 0 Å². The third kappa shape index (κ3) is 2.60. The van der Waals surface area contributed by atoms with Gasteiger partial charge in [-0.1, -0.05) is 6.07 Å². The molecule has 5 nitrogen and oxygen atoms in total. The highest BCUT2D eigenvalue weighted by Crippen LogP contribution is 2.39. The molecular formula is C12H14N4OS. The quantitative estimate of drug-likeness (QED) is 0.639. The third-order valence-corrected chi connectivity index (χ3v) is 3.60. The lowest BCUT2D eigenvalue weighted by atomic mass is 10.4. The third-order valence-electron chi connectivity index (χ3n) is 2.75. The Labute approximate surface area is 109 Å². The summed E-state index contributed by atoms with van der Waals surface area (Å²) < 4.78 is 5.68. The minimum Gasteiger partial charge on any atom is -0.472 e. The van der Waals surface area contributed by atoms with E-state index in [1.54, 1.807) is 17.4 Å². The van der Waals surface area contributed by atoms with Crippen LogP contribution in [0.1, 0.15) is 29.5 Å². The van der Waals surface area contributed by atoms with Gasteiger partial charge >= 0.3 is 0 Å². The van der Waals surface area contributed by atoms with Crippen LogP contribution in [0.5, 0.6) is 5.88 Å². The maximum Gasteiger partial charge on any atom is 0.219 e. The van der Waals surface area contributed by atoms with Crippen LogP contribution in [-0.2, 0) is 6.61 Å². The van der Waals surface area contributed by atoms with Crippen molar-refractivity contribution >= 4 is 17.2 Å². The first-order chi connectivity index (χ1) is 8.85. The molecule has 2 aromatic heterocycles. The Hall–Kier alpha value is -1.66. The number of ether oxygens (including phenoxy) is 1. The summed E-state index contributed by atoms with van der Waals surface area (Å²) in [5, 5.41) is 2.03. The van der Waals surface area contributed by atoms with E-state index >= 15 is 0 Å². The zero-order valence-electron chi connectivity index (χ0n) is 9.80. The van der Waals surface area contributed by atoms with Gasteiger partial charge < -0.3 is 10.2 Å². The topological polar surface area (TPSA) is 73.1 Å². The Morgan fingerprint density at radius 2 is 2.33 bits per heavy atom. The van der Waals surface area contributed by atoms with Gasteiger partial charge in [-0.15, -0.1) is 11.3 Å². The van der Waals surface area contributed by atoms with E-state index in [0.717, 1.165) is 18.7 Å². The van der Waals surface area contributed by atoms with Crippen LogP contribution in [-0.4, -0.2) is 9.97 Å². The zero-order valence-corrected chi connectivity index (χ0v) is 10.6. The van der Waals surface area contributed by atoms with Crippen molar-refractivity contribution in [3.05, 3.63) is 34.3 Å². The Bertz CT molecular complexity index is 525. The van der Waals surface area contributed by atoms with Crippen molar-refractivity contribution in [3.8, 4) is 5.88 Å². The number of nitrogens with one attached hydrogen (secondary N) is 1. The van der Waals surface area contributed by atoms with E-state index in [9.17, 15) is 0 Å². The van der Waals surface area contributed by atoms with Crippen LogP contribution >= 0.6 is 11.3 Å². The molecule has 1 fully saturated rings. The highest BCUT2D eigenvalue weighted by molar-refractivity contribution is 7.09. The van der Waals surface area contributed by atoms with Gasteiger partial charge in [0, 0.05) is 16.9 Å². The maximum absolute atomic E-state index is 5.68. The molecule has 0 unspecified atom stereocenters. The number of nitrogens with two attached hydrogens (primary N) is 1. The molecule has 0 spiro atoms. The summed E-state index contributed by atoms with van der Waals surface area (Å²) in [5.41, 5.74) is 2.56. The molecule has 1 saturated carbocycles. The van der Waals surface area contributed by atoms with Crippen molar-refractivity contribution in [3.63, 3.8) is 0 Å². The molecule has 0 atom stereocenters. The average Bonchev–Trinajstić information content (AvgIpc) is 3.13. The van der Waals surface area contributed by atoms with Gasteiger partial charge in [-0.2, -0.15) is 4.98 Å². The molecule has 0 amide bonds. The van der Waals surface area contributed by atoms with E-state index in [1.165, 1.54) is 4.88 Å². The first-order valence-corrected chi connectivity index (χ1v) is 6.74. The molecule has 0 radical (unpaired) electrons. The number of aromatic nitrogens is 2. The number of hydrogen-bond donors (Lipinski definition) is 2. The Kier molecular flexibility index (Phi) is 3.12. The molecule has 0 saturated heterocycles. The molecule has 0 aromatic carbocycles. The minimum absolute atomic E-state index is 0.474. The SMILES string of the molecule is NNc1cc(OCc2cccs2)nc(C2CC2)n1. The molecule has 2 aromatic rings. The summed E-state index contributed by atoms with van der Waals surface area (Å²) >= 11 is 1.67. The summed E-state index contributed by atoms with van der Waals surface area (Å²) in [6, 6.07) is 5.76. The average molecular weight is 262 g/mol. The molecule has 3 N–H and O–H groups in total. The van der Waals surface area contributed by atoms with E-state index in [0.29, 0.717) is 24.2 Å². The summed E-state index contributed by atoms with van der Waals surface area (Å²) in [7, 11) is 0. The van der Waals surface area contributed by atoms with Gasteiger partial charge in [0.1, 0.15) is 18.2 Å². The van der Waals surface area contributed by atoms with Gasteiger partial charge in [-0.05, 0) is 24.3 Å². The van der Waals surface area contributed by atoms with Gasteiger partial charge in [0.05, 0.1) is 0 Å². The Morgan fingerprint density at radius 1 is 1.44 bits per heavy atom. The second-order valence-corrected chi connectivity index (χ2v) is 5.27. The van der Waals surface area contributed by atoms with Crippen LogP contribution in [0.2, 0.25) is 0 Å². The lowest BCUT2D eigenvalue weighted by Gasteiger charge is -2.08. The molecule has 6 heteroatoms. The van der Waals surface area contributed by atoms with Crippen molar-refractivity contribution < 1.29 is 4.74 Å². The normalized spacial score (nSPS) is 14.5. The first kappa shape index (κ1) is 11.4. The van der Waals surface area contributed by atoms with E-state index in [1.807, 2.05) is 17.5 Å². The van der Waals surface area contributed by atoms with Crippen molar-refractivity contribution in [2.24, 2.45) is 5.84 Å². The van der Waals surface area contributed by atoms with Crippen molar-refractivity contribution in [2.45, 2.75) is 25.4 Å². The molecule has 0 bridgehead atoms. The number of hydrazine groups is 1. The Balaban J connectivity index is 1.75. The first-order valence-electron chi connectivity index (χ1n) is 5.86. The second kappa shape index (κ2) is 4.91. The second-order valence-electron chi connectivity index (χ2n) is 4.24. The van der Waals surface area contributed by atoms with E-state index in [4.69, 9.17) is 10.6 Å². The molecule has 1 aliphatic rings. The van der Waals surface area contributed by atoms with Gasteiger partial charge in [0.2, 0.25) is 5.88 Å². The summed E-state index contributed by atoms with van der Waals surface area (Å²) in [5.74, 6) is 7.89. The Morgan fingerprint density at radius 3 is 3.00 bits per heavy atom. The monoisotopic (exact) mass is 262 g/mol. The lowest BCUT2D eigenvalue weighted by molar-refractivity contribution is 0.296. The van der Waals surface area contributed by atoms with Crippen molar-refractivity contribution in [1.82, 2.24) is 9.97 Å².